The van der Waals surface area contributed by atoms with E-state index in [2.05, 4.69) is 23.2 Å². The molecule has 1 unspecified atom stereocenters. The smallest absolute Gasteiger partial charge is 0.301 e. The van der Waals surface area contributed by atoms with Crippen molar-refractivity contribution < 1.29 is 28.9 Å². The van der Waals surface area contributed by atoms with Gasteiger partial charge in [-0.3, -0.25) is 14.5 Å². The van der Waals surface area contributed by atoms with Crippen LogP contribution < -0.4 is 19.1 Å². The van der Waals surface area contributed by atoms with Crippen molar-refractivity contribution in [2.75, 3.05) is 18.6 Å². The zero-order chi connectivity index (χ0) is 36.6. The second kappa shape index (κ2) is 17.1. The molecule has 1 fully saturated rings. The molecule has 9 nitrogen and oxygen atoms in total. The lowest BCUT2D eigenvalue weighted by atomic mass is 9.95. The molecule has 1 atom stereocenters. The van der Waals surface area contributed by atoms with E-state index in [0.717, 1.165) is 36.0 Å². The zero-order valence-electron chi connectivity index (χ0n) is 29.0. The van der Waals surface area contributed by atoms with E-state index < -0.39 is 17.7 Å². The first-order valence-electron chi connectivity index (χ1n) is 16.9. The van der Waals surface area contributed by atoms with E-state index in [-0.39, 0.29) is 16.5 Å². The van der Waals surface area contributed by atoms with Crippen LogP contribution in [0.5, 0.6) is 17.2 Å². The van der Waals surface area contributed by atoms with Gasteiger partial charge in [0.2, 0.25) is 5.13 Å². The zero-order valence-corrected chi connectivity index (χ0v) is 31.4. The van der Waals surface area contributed by atoms with E-state index in [4.69, 9.17) is 25.8 Å². The van der Waals surface area contributed by atoms with Crippen LogP contribution in [0.4, 0.5) is 5.13 Å². The summed E-state index contributed by atoms with van der Waals surface area (Å²) in [5, 5.41) is 21.3. The highest BCUT2D eigenvalue weighted by Gasteiger charge is 2.48. The molecule has 6 rings (SSSR count). The van der Waals surface area contributed by atoms with Crippen molar-refractivity contribution >= 4 is 57.3 Å². The van der Waals surface area contributed by atoms with E-state index in [9.17, 15) is 14.7 Å². The molecule has 0 bridgehead atoms. The van der Waals surface area contributed by atoms with Gasteiger partial charge in [0, 0.05) is 16.3 Å². The number of methoxy groups -OCH3 is 1. The molecule has 12 heteroatoms. The summed E-state index contributed by atoms with van der Waals surface area (Å²) in [7, 11) is 1.53. The summed E-state index contributed by atoms with van der Waals surface area (Å²) in [5.74, 6) is 0.183. The van der Waals surface area contributed by atoms with Gasteiger partial charge in [0.05, 0.1) is 25.3 Å². The number of ketones is 1. The van der Waals surface area contributed by atoms with Gasteiger partial charge in [0.25, 0.3) is 5.78 Å². The first-order chi connectivity index (χ1) is 25.2. The Kier molecular flexibility index (Phi) is 12.2. The van der Waals surface area contributed by atoms with Crippen molar-refractivity contribution in [1.82, 2.24) is 10.2 Å². The van der Waals surface area contributed by atoms with Gasteiger partial charge in [0.1, 0.15) is 18.1 Å². The number of aryl methyl sites for hydroxylation is 1. The van der Waals surface area contributed by atoms with Crippen LogP contribution >= 0.6 is 34.7 Å². The van der Waals surface area contributed by atoms with Gasteiger partial charge < -0.3 is 19.3 Å². The summed E-state index contributed by atoms with van der Waals surface area (Å²) in [5.41, 5.74) is 4.01. The number of aliphatic hydroxyl groups excluding tert-OH is 1. The minimum Gasteiger partial charge on any atom is -0.507 e. The molecule has 0 spiro atoms. The first-order valence-corrected chi connectivity index (χ1v) is 19.0. The van der Waals surface area contributed by atoms with Crippen LogP contribution in [-0.4, -0.2) is 40.7 Å². The average molecular weight is 756 g/mol. The number of hydrogen-bond donors (Lipinski definition) is 1. The molecule has 1 aliphatic heterocycles. The minimum atomic E-state index is -1.03. The third-order valence-electron chi connectivity index (χ3n) is 8.45. The fourth-order valence-electron chi connectivity index (χ4n) is 5.77. The number of amides is 1. The number of unbranched alkanes of at least 4 members (excludes halogenated alkanes) is 2. The molecule has 0 aliphatic carbocycles. The SMILES string of the molecule is CCCCCOc1ccc(C2/C(=C(\O)c3ccc(OCc4cccc(C)c4)cc3)C(=O)C(=O)N2c2nnc(SCc3ccc(Cl)cc3)s2)cc1OC. The number of carbonyl (C=O) groups is 2. The Hall–Kier alpha value is -4.84. The highest BCUT2D eigenvalue weighted by atomic mass is 35.5. The van der Waals surface area contributed by atoms with Crippen LogP contribution in [0.15, 0.2) is 101 Å². The quantitative estimate of drug-likeness (QED) is 0.0279. The van der Waals surface area contributed by atoms with Crippen LogP contribution in [0.2, 0.25) is 5.02 Å². The number of benzene rings is 4. The molecule has 1 saturated heterocycles. The lowest BCUT2D eigenvalue weighted by Crippen LogP contribution is -2.29. The monoisotopic (exact) mass is 755 g/mol. The van der Waals surface area contributed by atoms with Gasteiger partial charge in [0.15, 0.2) is 15.8 Å². The van der Waals surface area contributed by atoms with Gasteiger partial charge >= 0.3 is 5.91 Å². The number of aromatic nitrogens is 2. The number of halogens is 1. The molecule has 1 aliphatic rings. The summed E-state index contributed by atoms with van der Waals surface area (Å²) in [4.78, 5) is 29.0. The maximum absolute atomic E-state index is 13.9. The van der Waals surface area contributed by atoms with Gasteiger partial charge in [-0.1, -0.05) is 102 Å². The number of rotatable bonds is 15. The number of thioether (sulfide) groups is 1. The number of carbonyl (C=O) groups excluding carboxylic acids is 2. The van der Waals surface area contributed by atoms with Crippen LogP contribution in [0.1, 0.15) is 60.0 Å². The fourth-order valence-corrected chi connectivity index (χ4v) is 7.72. The molecule has 52 heavy (non-hydrogen) atoms. The average Bonchev–Trinajstić information content (AvgIpc) is 3.73. The van der Waals surface area contributed by atoms with E-state index >= 15 is 0 Å². The molecule has 5 aromatic rings. The maximum atomic E-state index is 13.9. The number of ether oxygens (including phenoxy) is 3. The molecule has 4 aromatic carbocycles. The van der Waals surface area contributed by atoms with Crippen molar-refractivity contribution in [2.24, 2.45) is 0 Å². The van der Waals surface area contributed by atoms with Crippen molar-refractivity contribution in [3.05, 3.63) is 129 Å². The van der Waals surface area contributed by atoms with Gasteiger partial charge in [-0.15, -0.1) is 10.2 Å². The van der Waals surface area contributed by atoms with E-state index in [1.165, 1.54) is 35.1 Å². The highest BCUT2D eigenvalue weighted by Crippen LogP contribution is 2.46. The molecule has 0 radical (unpaired) electrons. The third-order valence-corrected chi connectivity index (χ3v) is 10.8. The highest BCUT2D eigenvalue weighted by molar-refractivity contribution is 8.00. The van der Waals surface area contributed by atoms with Crippen LogP contribution in [0.25, 0.3) is 5.76 Å². The second-order valence-corrected chi connectivity index (χ2v) is 14.8. The van der Waals surface area contributed by atoms with Crippen LogP contribution in [-0.2, 0) is 21.9 Å². The van der Waals surface area contributed by atoms with Gasteiger partial charge in [-0.05, 0) is 78.6 Å². The summed E-state index contributed by atoms with van der Waals surface area (Å²) in [6.07, 6.45) is 3.00. The minimum absolute atomic E-state index is 0.0809. The molecule has 2 heterocycles. The Morgan fingerprint density at radius 1 is 0.923 bits per heavy atom. The summed E-state index contributed by atoms with van der Waals surface area (Å²) < 4.78 is 18.3. The predicted molar refractivity (Wildman–Crippen MR) is 206 cm³/mol. The molecular formula is C40H38ClN3O6S2. The lowest BCUT2D eigenvalue weighted by Gasteiger charge is -2.23. The normalized spacial score (nSPS) is 15.2. The Morgan fingerprint density at radius 3 is 2.44 bits per heavy atom. The number of Topliss-reactive ketones (excluding diaryl/α,β-unsaturated/α-hetero) is 1. The Morgan fingerprint density at radius 2 is 1.71 bits per heavy atom. The third kappa shape index (κ3) is 8.61. The van der Waals surface area contributed by atoms with Crippen molar-refractivity contribution in [3.63, 3.8) is 0 Å². The molecule has 1 aromatic heterocycles. The van der Waals surface area contributed by atoms with Crippen molar-refractivity contribution in [1.29, 1.82) is 0 Å². The first kappa shape index (κ1) is 36.9. The number of aliphatic hydroxyl groups is 1. The predicted octanol–water partition coefficient (Wildman–Crippen LogP) is 9.58. The number of nitrogens with zero attached hydrogens (tertiary/aromatic N) is 3. The fraction of sp³-hybridized carbons (Fsp3) is 0.250. The van der Waals surface area contributed by atoms with E-state index in [1.807, 2.05) is 49.4 Å². The molecular weight excluding hydrogens is 718 g/mol. The number of hydrogen-bond acceptors (Lipinski definition) is 10. The molecule has 0 saturated carbocycles. The van der Waals surface area contributed by atoms with Crippen LogP contribution in [0.3, 0.4) is 0 Å². The Balaban J connectivity index is 1.33. The van der Waals surface area contributed by atoms with Crippen LogP contribution in [0, 0.1) is 6.92 Å². The molecule has 1 amide bonds. The molecule has 1 N–H and O–H groups in total. The standard InChI is InChI=1S/C40H38ClN3O6S2/c1-4-5-6-20-49-32-19-14-29(22-33(32)48-3)35-34(36(45)28-12-17-31(18-13-28)50-23-27-9-7-8-25(2)21-27)37(46)38(47)44(35)39-42-43-40(52-39)51-24-26-10-15-30(41)16-11-26/h7-19,21-22,35,45H,4-6,20,23-24H2,1-3H3/b36-34+. The van der Waals surface area contributed by atoms with Gasteiger partial charge in [-0.25, -0.2) is 0 Å². The summed E-state index contributed by atoms with van der Waals surface area (Å²) in [6, 6.07) is 26.6. The van der Waals surface area contributed by atoms with Crippen molar-refractivity contribution in [3.8, 4) is 17.2 Å². The second-order valence-electron chi connectivity index (χ2n) is 12.2. The van der Waals surface area contributed by atoms with Gasteiger partial charge in [-0.2, -0.15) is 0 Å². The molecule has 268 valence electrons. The van der Waals surface area contributed by atoms with E-state index in [0.29, 0.717) is 56.7 Å². The Labute approximate surface area is 316 Å². The van der Waals surface area contributed by atoms with Crippen molar-refractivity contribution in [2.45, 2.75) is 55.9 Å². The number of anilines is 1. The summed E-state index contributed by atoms with van der Waals surface area (Å²) >= 11 is 8.69. The largest absolute Gasteiger partial charge is 0.507 e. The van der Waals surface area contributed by atoms with E-state index in [1.54, 1.807) is 42.5 Å². The lowest BCUT2D eigenvalue weighted by molar-refractivity contribution is -0.132. The maximum Gasteiger partial charge on any atom is 0.301 e. The Bertz CT molecular complexity index is 2070. The topological polar surface area (TPSA) is 111 Å². The summed E-state index contributed by atoms with van der Waals surface area (Å²) in [6.45, 7) is 5.05.